The minimum atomic E-state index is -0.759. The fourth-order valence-electron chi connectivity index (χ4n) is 3.07. The lowest BCUT2D eigenvalue weighted by atomic mass is 9.87. The summed E-state index contributed by atoms with van der Waals surface area (Å²) in [6, 6.07) is -0.100. The number of piperidine rings is 1. The first-order valence-electron chi connectivity index (χ1n) is 7.92. The van der Waals surface area contributed by atoms with Crippen LogP contribution in [0.2, 0.25) is 0 Å². The fraction of sp³-hybridized carbons (Fsp3) is 0.875. The van der Waals surface area contributed by atoms with Crippen LogP contribution in [0.5, 0.6) is 0 Å². The molecule has 0 saturated carbocycles. The van der Waals surface area contributed by atoms with Gasteiger partial charge in [0.1, 0.15) is 0 Å². The molecule has 1 aliphatic heterocycles. The van der Waals surface area contributed by atoms with E-state index in [0.29, 0.717) is 25.3 Å². The van der Waals surface area contributed by atoms with Gasteiger partial charge in [0.2, 0.25) is 5.91 Å². The molecule has 0 spiro atoms. The van der Waals surface area contributed by atoms with Crippen LogP contribution in [0.3, 0.4) is 0 Å². The molecular formula is C16H30N2O3. The molecule has 21 heavy (non-hydrogen) atoms. The van der Waals surface area contributed by atoms with Gasteiger partial charge in [-0.1, -0.05) is 20.8 Å². The second kappa shape index (κ2) is 7.78. The Morgan fingerprint density at radius 1 is 1.38 bits per heavy atom. The Kier molecular flexibility index (Phi) is 6.65. The van der Waals surface area contributed by atoms with Gasteiger partial charge in [-0.15, -0.1) is 0 Å². The van der Waals surface area contributed by atoms with Gasteiger partial charge in [0.15, 0.2) is 0 Å². The molecule has 0 aliphatic carbocycles. The number of carboxylic acid groups (broad SMARTS) is 1. The summed E-state index contributed by atoms with van der Waals surface area (Å²) in [5.74, 6) is -0.324. The maximum Gasteiger partial charge on any atom is 0.303 e. The van der Waals surface area contributed by atoms with Crippen LogP contribution in [0.25, 0.3) is 0 Å². The van der Waals surface area contributed by atoms with Crippen LogP contribution in [0, 0.1) is 11.3 Å². The average Bonchev–Trinajstić information content (AvgIpc) is 2.34. The smallest absolute Gasteiger partial charge is 0.303 e. The highest BCUT2D eigenvalue weighted by atomic mass is 16.4. The van der Waals surface area contributed by atoms with Crippen LogP contribution in [0.4, 0.5) is 0 Å². The summed E-state index contributed by atoms with van der Waals surface area (Å²) >= 11 is 0. The zero-order chi connectivity index (χ0) is 16.0. The number of hydrogen-bond acceptors (Lipinski definition) is 3. The van der Waals surface area contributed by atoms with Crippen LogP contribution >= 0.6 is 0 Å². The molecule has 1 saturated heterocycles. The number of rotatable bonds is 6. The molecule has 0 bridgehead atoms. The predicted octanol–water partition coefficient (Wildman–Crippen LogP) is 2.24. The van der Waals surface area contributed by atoms with Gasteiger partial charge in [-0.3, -0.25) is 9.59 Å². The number of carboxylic acids is 1. The maximum atomic E-state index is 12.3. The molecule has 2 atom stereocenters. The highest BCUT2D eigenvalue weighted by Gasteiger charge is 2.26. The summed E-state index contributed by atoms with van der Waals surface area (Å²) in [7, 11) is 0. The molecule has 5 nitrogen and oxygen atoms in total. The molecule has 1 heterocycles. The van der Waals surface area contributed by atoms with Crippen molar-refractivity contribution in [2.45, 2.75) is 65.3 Å². The Balaban J connectivity index is 2.41. The standard InChI is InChI=1S/C16H30N2O3/c1-16(2,3)10-13(17)9-14(19)18-8-4-5-12(11-18)6-7-15(20)21/h12-13H,4-11,17H2,1-3H3,(H,20,21). The van der Waals surface area contributed by atoms with Crippen molar-refractivity contribution in [2.24, 2.45) is 17.1 Å². The predicted molar refractivity (Wildman–Crippen MR) is 82.8 cm³/mol. The Hall–Kier alpha value is -1.10. The summed E-state index contributed by atoms with van der Waals surface area (Å²) in [4.78, 5) is 24.8. The van der Waals surface area contributed by atoms with Crippen LogP contribution in [-0.2, 0) is 9.59 Å². The van der Waals surface area contributed by atoms with Crippen molar-refractivity contribution < 1.29 is 14.7 Å². The minimum absolute atomic E-state index is 0.100. The molecule has 0 aromatic carbocycles. The molecular weight excluding hydrogens is 268 g/mol. The van der Waals surface area contributed by atoms with Gasteiger partial charge >= 0.3 is 5.97 Å². The van der Waals surface area contributed by atoms with Crippen molar-refractivity contribution in [3.8, 4) is 0 Å². The summed E-state index contributed by atoms with van der Waals surface area (Å²) in [6.07, 6.45) is 4.05. The second-order valence-corrected chi connectivity index (χ2v) is 7.51. The lowest BCUT2D eigenvalue weighted by Crippen LogP contribution is -2.42. The van der Waals surface area contributed by atoms with Crippen molar-refractivity contribution in [1.29, 1.82) is 0 Å². The van der Waals surface area contributed by atoms with Crippen molar-refractivity contribution >= 4 is 11.9 Å². The number of amides is 1. The van der Waals surface area contributed by atoms with Crippen molar-refractivity contribution in [2.75, 3.05) is 13.1 Å². The molecule has 1 amide bonds. The molecule has 122 valence electrons. The third-order valence-corrected chi connectivity index (χ3v) is 3.95. The van der Waals surface area contributed by atoms with Crippen LogP contribution < -0.4 is 5.73 Å². The number of likely N-dealkylation sites (tertiary alicyclic amines) is 1. The number of nitrogens with two attached hydrogens (primary N) is 1. The number of nitrogens with zero attached hydrogens (tertiary/aromatic N) is 1. The normalized spacial score (nSPS) is 21.1. The first-order valence-corrected chi connectivity index (χ1v) is 7.92. The van der Waals surface area contributed by atoms with E-state index in [1.54, 1.807) is 0 Å². The zero-order valence-corrected chi connectivity index (χ0v) is 13.6. The van der Waals surface area contributed by atoms with Gasteiger partial charge < -0.3 is 15.7 Å². The highest BCUT2D eigenvalue weighted by molar-refractivity contribution is 5.77. The number of carbonyl (C=O) groups excluding carboxylic acids is 1. The number of carbonyl (C=O) groups is 2. The van der Waals surface area contributed by atoms with Crippen molar-refractivity contribution in [1.82, 2.24) is 4.90 Å². The molecule has 3 N–H and O–H groups in total. The first kappa shape index (κ1) is 18.0. The molecule has 0 aromatic heterocycles. The quantitative estimate of drug-likeness (QED) is 0.787. The van der Waals surface area contributed by atoms with E-state index in [-0.39, 0.29) is 23.8 Å². The van der Waals surface area contributed by atoms with Gasteiger partial charge in [-0.25, -0.2) is 0 Å². The molecule has 0 aromatic rings. The van der Waals surface area contributed by atoms with Crippen molar-refractivity contribution in [3.63, 3.8) is 0 Å². The van der Waals surface area contributed by atoms with Gasteiger partial charge in [0.05, 0.1) is 0 Å². The lowest BCUT2D eigenvalue weighted by Gasteiger charge is -2.34. The molecule has 1 rings (SSSR count). The van der Waals surface area contributed by atoms with Gasteiger partial charge in [-0.05, 0) is 37.0 Å². The van der Waals surface area contributed by atoms with E-state index < -0.39 is 5.97 Å². The third kappa shape index (κ3) is 7.46. The van der Waals surface area contributed by atoms with Crippen molar-refractivity contribution in [3.05, 3.63) is 0 Å². The Labute approximate surface area is 127 Å². The van der Waals surface area contributed by atoms with Crippen LogP contribution in [0.15, 0.2) is 0 Å². The molecule has 2 unspecified atom stereocenters. The SMILES string of the molecule is CC(C)(C)CC(N)CC(=O)N1CCCC(CCC(=O)O)C1. The first-order chi connectivity index (χ1) is 9.67. The highest BCUT2D eigenvalue weighted by Crippen LogP contribution is 2.24. The third-order valence-electron chi connectivity index (χ3n) is 3.95. The van der Waals surface area contributed by atoms with E-state index in [1.807, 2.05) is 4.90 Å². The maximum absolute atomic E-state index is 12.3. The van der Waals surface area contributed by atoms with E-state index in [1.165, 1.54) is 0 Å². The van der Waals surface area contributed by atoms with E-state index in [4.69, 9.17) is 10.8 Å². The fourth-order valence-corrected chi connectivity index (χ4v) is 3.07. The van der Waals surface area contributed by atoms with Gasteiger partial charge in [-0.2, -0.15) is 0 Å². The summed E-state index contributed by atoms with van der Waals surface area (Å²) in [6.45, 7) is 7.85. The van der Waals surface area contributed by atoms with E-state index in [2.05, 4.69) is 20.8 Å². The summed E-state index contributed by atoms with van der Waals surface area (Å²) in [5, 5.41) is 8.75. The van der Waals surface area contributed by atoms with E-state index >= 15 is 0 Å². The second-order valence-electron chi connectivity index (χ2n) is 7.51. The Bertz CT molecular complexity index is 363. The summed E-state index contributed by atoms with van der Waals surface area (Å²) < 4.78 is 0. The zero-order valence-electron chi connectivity index (χ0n) is 13.6. The molecule has 1 aliphatic rings. The largest absolute Gasteiger partial charge is 0.481 e. The Morgan fingerprint density at radius 3 is 2.62 bits per heavy atom. The monoisotopic (exact) mass is 298 g/mol. The number of aliphatic carboxylic acids is 1. The topological polar surface area (TPSA) is 83.6 Å². The van der Waals surface area contributed by atoms with E-state index in [9.17, 15) is 9.59 Å². The molecule has 5 heteroatoms. The number of hydrogen-bond donors (Lipinski definition) is 2. The van der Waals surface area contributed by atoms with Crippen LogP contribution in [0.1, 0.15) is 59.3 Å². The van der Waals surface area contributed by atoms with Crippen LogP contribution in [-0.4, -0.2) is 41.0 Å². The molecule has 0 radical (unpaired) electrons. The summed E-state index contributed by atoms with van der Waals surface area (Å²) in [5.41, 5.74) is 6.21. The van der Waals surface area contributed by atoms with E-state index in [0.717, 1.165) is 25.8 Å². The van der Waals surface area contributed by atoms with Gasteiger partial charge in [0, 0.05) is 32.0 Å². The Morgan fingerprint density at radius 2 is 2.05 bits per heavy atom. The average molecular weight is 298 g/mol. The lowest BCUT2D eigenvalue weighted by molar-refractivity contribution is -0.137. The minimum Gasteiger partial charge on any atom is -0.481 e. The van der Waals surface area contributed by atoms with Gasteiger partial charge in [0.25, 0.3) is 0 Å². The molecule has 1 fully saturated rings.